The van der Waals surface area contributed by atoms with Gasteiger partial charge >= 0.3 is 0 Å². The first-order valence-electron chi connectivity index (χ1n) is 11.2. The summed E-state index contributed by atoms with van der Waals surface area (Å²) in [6.07, 6.45) is 0. The average Bonchev–Trinajstić information content (AvgIpc) is 3.32. The van der Waals surface area contributed by atoms with Gasteiger partial charge in [0.15, 0.2) is 46.5 Å². The Morgan fingerprint density at radius 1 is 0.350 bits per heavy atom. The molecule has 3 aromatic carbocycles. The largest absolute Gasteiger partial charge is 0.269 e. The van der Waals surface area contributed by atoms with Crippen LogP contribution in [0.25, 0.3) is 0 Å². The van der Waals surface area contributed by atoms with Gasteiger partial charge in [-0.1, -0.05) is 0 Å². The highest BCUT2D eigenvalue weighted by Crippen LogP contribution is 2.45. The van der Waals surface area contributed by atoms with E-state index in [9.17, 15) is 54.3 Å². The van der Waals surface area contributed by atoms with Gasteiger partial charge < -0.3 is 0 Å². The van der Waals surface area contributed by atoms with Gasteiger partial charge in [-0.2, -0.15) is 0 Å². The van der Waals surface area contributed by atoms with E-state index in [4.69, 9.17) is 0 Å². The molecule has 0 unspecified atom stereocenters. The third-order valence-corrected chi connectivity index (χ3v) is 7.20. The molecule has 0 fully saturated rings. The monoisotopic (exact) mass is 568 g/mol. The van der Waals surface area contributed by atoms with Gasteiger partial charge in [0.1, 0.15) is 0 Å². The maximum atomic E-state index is 14.4. The van der Waals surface area contributed by atoms with Gasteiger partial charge in [-0.3, -0.25) is 19.2 Å². The van der Waals surface area contributed by atoms with Crippen molar-refractivity contribution in [1.82, 2.24) is 0 Å². The third-order valence-electron chi connectivity index (χ3n) is 7.20. The molecular formula is C26H12F8N2O4. The fourth-order valence-electron chi connectivity index (χ4n) is 5.05. The molecule has 3 aromatic rings. The lowest BCUT2D eigenvalue weighted by molar-refractivity contribution is 0.0906. The van der Waals surface area contributed by atoms with E-state index in [0.29, 0.717) is 0 Å². The number of carbonyl (C=O) groups is 4. The highest BCUT2D eigenvalue weighted by atomic mass is 19.2. The first-order chi connectivity index (χ1) is 18.6. The topological polar surface area (TPSA) is 74.8 Å². The minimum Gasteiger partial charge on any atom is -0.268 e. The predicted octanol–water partition coefficient (Wildman–Crippen LogP) is 5.63. The van der Waals surface area contributed by atoms with E-state index in [-0.39, 0.29) is 43.4 Å². The van der Waals surface area contributed by atoms with Crippen molar-refractivity contribution in [3.63, 3.8) is 0 Å². The van der Waals surface area contributed by atoms with E-state index in [0.717, 1.165) is 0 Å². The van der Waals surface area contributed by atoms with Crippen LogP contribution in [0.3, 0.4) is 0 Å². The van der Waals surface area contributed by atoms with Crippen molar-refractivity contribution in [3.8, 4) is 0 Å². The summed E-state index contributed by atoms with van der Waals surface area (Å²) in [5.74, 6) is -23.8. The Kier molecular flexibility index (Phi) is 5.69. The third kappa shape index (κ3) is 3.04. The average molecular weight is 568 g/mol. The van der Waals surface area contributed by atoms with Gasteiger partial charge in [0.2, 0.25) is 0 Å². The zero-order valence-corrected chi connectivity index (χ0v) is 20.6. The fourth-order valence-corrected chi connectivity index (χ4v) is 5.05. The summed E-state index contributed by atoms with van der Waals surface area (Å²) >= 11 is 0. The maximum Gasteiger partial charge on any atom is 0.269 e. The zero-order valence-electron chi connectivity index (χ0n) is 20.6. The highest BCUT2D eigenvalue weighted by molar-refractivity contribution is 6.36. The molecule has 14 heteroatoms. The van der Waals surface area contributed by atoms with Crippen molar-refractivity contribution in [2.24, 2.45) is 0 Å². The Bertz CT molecular complexity index is 1560. The fraction of sp³-hybridized carbons (Fsp3) is 0.154. The van der Waals surface area contributed by atoms with Crippen LogP contribution in [0.5, 0.6) is 0 Å². The van der Waals surface area contributed by atoms with Crippen LogP contribution in [0.1, 0.15) is 63.7 Å². The first-order valence-corrected chi connectivity index (χ1v) is 11.2. The van der Waals surface area contributed by atoms with Crippen molar-refractivity contribution < 1.29 is 54.3 Å². The minimum atomic E-state index is -2.31. The number of hydrogen-bond acceptors (Lipinski definition) is 4. The Balaban J connectivity index is 1.72. The Morgan fingerprint density at radius 3 is 0.700 bits per heavy atom. The molecule has 0 bridgehead atoms. The van der Waals surface area contributed by atoms with E-state index in [1.165, 1.54) is 27.7 Å². The molecule has 2 aliphatic heterocycles. The number of halogens is 8. The number of carbonyl (C=O) groups excluding carboxylic acids is 4. The van der Waals surface area contributed by atoms with Gasteiger partial charge in [0.25, 0.3) is 23.6 Å². The van der Waals surface area contributed by atoms with Gasteiger partial charge in [-0.25, -0.2) is 44.9 Å². The van der Waals surface area contributed by atoms with Crippen molar-refractivity contribution in [2.45, 2.75) is 27.7 Å². The normalized spacial score (nSPS) is 14.6. The van der Waals surface area contributed by atoms with Crippen LogP contribution in [-0.4, -0.2) is 23.6 Å². The van der Waals surface area contributed by atoms with E-state index in [1.54, 1.807) is 0 Å². The van der Waals surface area contributed by atoms with Gasteiger partial charge in [0, 0.05) is 0 Å². The maximum absolute atomic E-state index is 14.4. The van der Waals surface area contributed by atoms with Crippen LogP contribution in [0.4, 0.5) is 46.5 Å². The van der Waals surface area contributed by atoms with Gasteiger partial charge in [-0.15, -0.1) is 0 Å². The molecule has 5 rings (SSSR count). The standard InChI is InChI=1S/C26H12F8N2O4/c1-5-6(2)22(36-25(39)11-12(26(36)40)16(30)20(34)19(33)15(11)29)8(4)7(3)21(5)35-23(37)9-10(24(35)38)14(28)18(32)17(31)13(9)27/h1-4H3. The Morgan fingerprint density at radius 2 is 0.525 bits per heavy atom. The second-order valence-corrected chi connectivity index (χ2v) is 9.10. The molecule has 0 aliphatic carbocycles. The van der Waals surface area contributed by atoms with Crippen LogP contribution in [0.2, 0.25) is 0 Å². The number of nitrogens with zero attached hydrogens (tertiary/aromatic N) is 2. The lowest BCUT2D eigenvalue weighted by atomic mass is 9.94. The molecule has 0 saturated carbocycles. The lowest BCUT2D eigenvalue weighted by Crippen LogP contribution is -2.34. The van der Waals surface area contributed by atoms with E-state index in [2.05, 4.69) is 0 Å². The molecule has 0 saturated heterocycles. The Hall–Kier alpha value is -4.62. The van der Waals surface area contributed by atoms with E-state index >= 15 is 0 Å². The number of fused-ring (bicyclic) bond motifs is 2. The molecule has 0 atom stereocenters. The summed E-state index contributed by atoms with van der Waals surface area (Å²) in [5.41, 5.74) is -6.37. The molecule has 40 heavy (non-hydrogen) atoms. The van der Waals surface area contributed by atoms with Crippen LogP contribution in [0, 0.1) is 74.2 Å². The zero-order chi connectivity index (χ0) is 29.9. The molecule has 2 aliphatic rings. The smallest absolute Gasteiger partial charge is 0.268 e. The van der Waals surface area contributed by atoms with Crippen molar-refractivity contribution >= 4 is 35.0 Å². The van der Waals surface area contributed by atoms with Crippen LogP contribution in [-0.2, 0) is 0 Å². The second-order valence-electron chi connectivity index (χ2n) is 9.10. The Labute approximate surface area is 218 Å². The molecule has 4 amide bonds. The van der Waals surface area contributed by atoms with Crippen LogP contribution < -0.4 is 9.80 Å². The van der Waals surface area contributed by atoms with Crippen molar-refractivity contribution in [2.75, 3.05) is 9.80 Å². The van der Waals surface area contributed by atoms with Gasteiger partial charge in [0.05, 0.1) is 33.6 Å². The number of rotatable bonds is 2. The molecule has 6 nitrogen and oxygen atoms in total. The van der Waals surface area contributed by atoms with E-state index < -0.39 is 92.4 Å². The molecule has 206 valence electrons. The number of hydrogen-bond donors (Lipinski definition) is 0. The van der Waals surface area contributed by atoms with Gasteiger partial charge in [-0.05, 0) is 49.9 Å². The SMILES string of the molecule is Cc1c(C)c(N2C(=O)c3c(F)c(F)c(F)c(F)c3C2=O)c(C)c(C)c1N1C(=O)c2c(F)c(F)c(F)c(F)c2C1=O. The number of amides is 4. The quantitative estimate of drug-likeness (QED) is 0.174. The highest BCUT2D eigenvalue weighted by Gasteiger charge is 2.48. The predicted molar refractivity (Wildman–Crippen MR) is 120 cm³/mol. The number of benzene rings is 3. The van der Waals surface area contributed by atoms with Crippen molar-refractivity contribution in [3.05, 3.63) is 91.0 Å². The molecule has 0 N–H and O–H groups in total. The van der Waals surface area contributed by atoms with Crippen LogP contribution in [0.15, 0.2) is 0 Å². The second kappa shape index (κ2) is 8.44. The molecule has 0 spiro atoms. The lowest BCUT2D eigenvalue weighted by Gasteiger charge is -2.28. The molecular weight excluding hydrogens is 556 g/mol. The summed E-state index contributed by atoms with van der Waals surface area (Å²) in [7, 11) is 0. The summed E-state index contributed by atoms with van der Waals surface area (Å²) in [4.78, 5) is 52.7. The van der Waals surface area contributed by atoms with Crippen molar-refractivity contribution in [1.29, 1.82) is 0 Å². The van der Waals surface area contributed by atoms with Crippen LogP contribution >= 0.6 is 0 Å². The van der Waals surface area contributed by atoms with E-state index in [1.807, 2.05) is 0 Å². The summed E-state index contributed by atoms with van der Waals surface area (Å²) in [5, 5.41) is 0. The summed E-state index contributed by atoms with van der Waals surface area (Å²) in [6.45, 7) is 4.99. The summed E-state index contributed by atoms with van der Waals surface area (Å²) < 4.78 is 113. The summed E-state index contributed by atoms with van der Waals surface area (Å²) in [6, 6.07) is 0. The molecule has 0 radical (unpaired) electrons. The molecule has 2 heterocycles. The molecule has 0 aromatic heterocycles. The first kappa shape index (κ1) is 27.0. The minimum absolute atomic E-state index is 0.0794. The number of anilines is 2. The number of imide groups is 2.